The maximum absolute atomic E-state index is 13.5. The highest BCUT2D eigenvalue weighted by molar-refractivity contribution is 5.54. The van der Waals surface area contributed by atoms with Gasteiger partial charge in [-0.1, -0.05) is 13.8 Å². The van der Waals surface area contributed by atoms with E-state index in [1.165, 1.54) is 0 Å². The summed E-state index contributed by atoms with van der Waals surface area (Å²) < 4.78 is 18.9. The molecule has 4 heteroatoms. The van der Waals surface area contributed by atoms with E-state index < -0.39 is 0 Å². The second-order valence-electron chi connectivity index (χ2n) is 5.89. The predicted molar refractivity (Wildman–Crippen MR) is 80.6 cm³/mol. The lowest BCUT2D eigenvalue weighted by atomic mass is 10.1. The molecule has 0 saturated carbocycles. The van der Waals surface area contributed by atoms with Crippen LogP contribution in [0, 0.1) is 11.7 Å². The molecule has 2 rings (SSSR count). The lowest BCUT2D eigenvalue weighted by Crippen LogP contribution is -2.25. The molecule has 0 radical (unpaired) electrons. The van der Waals surface area contributed by atoms with Gasteiger partial charge in [-0.05, 0) is 42.6 Å². The second-order valence-corrected chi connectivity index (χ2v) is 5.89. The Labute approximate surface area is 121 Å². The summed E-state index contributed by atoms with van der Waals surface area (Å²) in [5, 5.41) is 3.39. The molecule has 3 nitrogen and oxygen atoms in total. The summed E-state index contributed by atoms with van der Waals surface area (Å²) in [6.45, 7) is 7.85. The van der Waals surface area contributed by atoms with E-state index in [-0.39, 0.29) is 11.9 Å². The van der Waals surface area contributed by atoms with Crippen LogP contribution < -0.4 is 10.2 Å². The first-order chi connectivity index (χ1) is 9.60. The summed E-state index contributed by atoms with van der Waals surface area (Å²) in [5.41, 5.74) is 2.16. The topological polar surface area (TPSA) is 24.5 Å². The van der Waals surface area contributed by atoms with Crippen LogP contribution in [0.1, 0.15) is 25.8 Å². The number of ether oxygens (including phenoxy) is 1. The zero-order chi connectivity index (χ0) is 14.5. The van der Waals surface area contributed by atoms with Crippen LogP contribution >= 0.6 is 0 Å². The Kier molecular flexibility index (Phi) is 5.38. The summed E-state index contributed by atoms with van der Waals surface area (Å²) in [7, 11) is 1.75. The zero-order valence-electron chi connectivity index (χ0n) is 12.7. The molecule has 0 aliphatic carbocycles. The van der Waals surface area contributed by atoms with Crippen LogP contribution in [-0.4, -0.2) is 32.8 Å². The first-order valence-corrected chi connectivity index (χ1v) is 7.37. The third-order valence-corrected chi connectivity index (χ3v) is 3.73. The maximum atomic E-state index is 13.5. The van der Waals surface area contributed by atoms with Crippen molar-refractivity contribution < 1.29 is 9.13 Å². The minimum atomic E-state index is -0.169. The number of hydrogen-bond acceptors (Lipinski definition) is 3. The molecule has 1 aromatic rings. The van der Waals surface area contributed by atoms with Crippen molar-refractivity contribution in [2.45, 2.75) is 32.9 Å². The molecule has 0 amide bonds. The fraction of sp³-hybridized carbons (Fsp3) is 0.625. The quantitative estimate of drug-likeness (QED) is 0.867. The van der Waals surface area contributed by atoms with Crippen molar-refractivity contribution in [3.05, 3.63) is 29.6 Å². The minimum absolute atomic E-state index is 0.169. The van der Waals surface area contributed by atoms with Gasteiger partial charge in [0.15, 0.2) is 0 Å². The van der Waals surface area contributed by atoms with Gasteiger partial charge in [-0.2, -0.15) is 0 Å². The van der Waals surface area contributed by atoms with Gasteiger partial charge < -0.3 is 15.0 Å². The largest absolute Gasteiger partial charge is 0.380 e. The minimum Gasteiger partial charge on any atom is -0.380 e. The maximum Gasteiger partial charge on any atom is 0.123 e. The number of nitrogens with one attached hydrogen (secondary N) is 1. The van der Waals surface area contributed by atoms with Crippen LogP contribution in [0.15, 0.2) is 18.2 Å². The van der Waals surface area contributed by atoms with Gasteiger partial charge in [0, 0.05) is 32.4 Å². The molecule has 0 spiro atoms. The molecule has 1 atom stereocenters. The van der Waals surface area contributed by atoms with E-state index >= 15 is 0 Å². The summed E-state index contributed by atoms with van der Waals surface area (Å²) in [6.07, 6.45) is 1.32. The molecule has 1 unspecified atom stereocenters. The van der Waals surface area contributed by atoms with Gasteiger partial charge in [-0.15, -0.1) is 0 Å². The summed E-state index contributed by atoms with van der Waals surface area (Å²) in [5.74, 6) is 0.425. The number of halogens is 1. The summed E-state index contributed by atoms with van der Waals surface area (Å²) >= 11 is 0. The van der Waals surface area contributed by atoms with Crippen LogP contribution in [0.3, 0.4) is 0 Å². The average Bonchev–Trinajstić information content (AvgIpc) is 2.87. The first kappa shape index (κ1) is 15.3. The molecule has 1 N–H and O–H groups in total. The van der Waals surface area contributed by atoms with E-state index in [4.69, 9.17) is 4.74 Å². The second kappa shape index (κ2) is 7.04. The standard InChI is InChI=1S/C16H25FN2O/c1-12(2)9-18-10-13-8-14(17)4-5-16(13)19-7-6-15(11-19)20-3/h4-5,8,12,15,18H,6-7,9-11H2,1-3H3. The number of nitrogens with zero attached hydrogens (tertiary/aromatic N) is 1. The number of benzene rings is 1. The third-order valence-electron chi connectivity index (χ3n) is 3.73. The molecule has 1 heterocycles. The van der Waals surface area contributed by atoms with Gasteiger partial charge in [0.2, 0.25) is 0 Å². The van der Waals surface area contributed by atoms with Gasteiger partial charge >= 0.3 is 0 Å². The zero-order valence-corrected chi connectivity index (χ0v) is 12.7. The van der Waals surface area contributed by atoms with Crippen LogP contribution in [-0.2, 0) is 11.3 Å². The van der Waals surface area contributed by atoms with Crippen LogP contribution in [0.25, 0.3) is 0 Å². The monoisotopic (exact) mass is 280 g/mol. The van der Waals surface area contributed by atoms with Crippen molar-refractivity contribution in [3.63, 3.8) is 0 Å². The van der Waals surface area contributed by atoms with Crippen LogP contribution in [0.4, 0.5) is 10.1 Å². The van der Waals surface area contributed by atoms with Gasteiger partial charge in [-0.25, -0.2) is 4.39 Å². The van der Waals surface area contributed by atoms with Crippen LogP contribution in [0.2, 0.25) is 0 Å². The van der Waals surface area contributed by atoms with Crippen molar-refractivity contribution in [1.29, 1.82) is 0 Å². The van der Waals surface area contributed by atoms with Gasteiger partial charge in [0.25, 0.3) is 0 Å². The lowest BCUT2D eigenvalue weighted by molar-refractivity contribution is 0.121. The van der Waals surface area contributed by atoms with E-state index in [0.717, 1.165) is 37.3 Å². The molecular weight excluding hydrogens is 255 g/mol. The molecule has 1 saturated heterocycles. The van der Waals surface area contributed by atoms with Crippen molar-refractivity contribution >= 4 is 5.69 Å². The normalized spacial score (nSPS) is 19.1. The van der Waals surface area contributed by atoms with E-state index in [2.05, 4.69) is 24.1 Å². The van der Waals surface area contributed by atoms with E-state index in [0.29, 0.717) is 12.5 Å². The highest BCUT2D eigenvalue weighted by Gasteiger charge is 2.23. The van der Waals surface area contributed by atoms with E-state index in [1.807, 2.05) is 6.07 Å². The Morgan fingerprint density at radius 1 is 1.45 bits per heavy atom. The molecule has 0 bridgehead atoms. The molecular formula is C16H25FN2O. The number of anilines is 1. The molecule has 1 aliphatic heterocycles. The van der Waals surface area contributed by atoms with Crippen molar-refractivity contribution in [3.8, 4) is 0 Å². The highest BCUT2D eigenvalue weighted by Crippen LogP contribution is 2.26. The van der Waals surface area contributed by atoms with Crippen molar-refractivity contribution in [2.75, 3.05) is 31.6 Å². The Bertz CT molecular complexity index is 436. The molecule has 1 fully saturated rings. The lowest BCUT2D eigenvalue weighted by Gasteiger charge is -2.22. The molecule has 112 valence electrons. The predicted octanol–water partition coefficient (Wildman–Crippen LogP) is 2.80. The Morgan fingerprint density at radius 2 is 2.25 bits per heavy atom. The average molecular weight is 280 g/mol. The van der Waals surface area contributed by atoms with Gasteiger partial charge in [-0.3, -0.25) is 0 Å². The SMILES string of the molecule is COC1CCN(c2ccc(F)cc2CNCC(C)C)C1. The molecule has 1 aromatic carbocycles. The Hall–Kier alpha value is -1.13. The van der Waals surface area contributed by atoms with Crippen molar-refractivity contribution in [2.24, 2.45) is 5.92 Å². The number of rotatable bonds is 6. The Morgan fingerprint density at radius 3 is 2.90 bits per heavy atom. The Balaban J connectivity index is 2.07. The van der Waals surface area contributed by atoms with Gasteiger partial charge in [0.1, 0.15) is 5.82 Å². The number of methoxy groups -OCH3 is 1. The van der Waals surface area contributed by atoms with E-state index in [9.17, 15) is 4.39 Å². The van der Waals surface area contributed by atoms with E-state index in [1.54, 1.807) is 19.2 Å². The highest BCUT2D eigenvalue weighted by atomic mass is 19.1. The molecule has 0 aromatic heterocycles. The summed E-state index contributed by atoms with van der Waals surface area (Å²) in [6, 6.07) is 5.07. The van der Waals surface area contributed by atoms with Gasteiger partial charge in [0.05, 0.1) is 6.10 Å². The number of hydrogen-bond donors (Lipinski definition) is 1. The fourth-order valence-electron chi connectivity index (χ4n) is 2.64. The molecule has 20 heavy (non-hydrogen) atoms. The fourth-order valence-corrected chi connectivity index (χ4v) is 2.64. The molecule has 1 aliphatic rings. The first-order valence-electron chi connectivity index (χ1n) is 7.37. The summed E-state index contributed by atoms with van der Waals surface area (Å²) in [4.78, 5) is 2.29. The van der Waals surface area contributed by atoms with Crippen molar-refractivity contribution in [1.82, 2.24) is 5.32 Å². The van der Waals surface area contributed by atoms with Crippen LogP contribution in [0.5, 0.6) is 0 Å². The smallest absolute Gasteiger partial charge is 0.123 e. The third kappa shape index (κ3) is 3.93.